The molecule has 1 saturated heterocycles. The number of hydrogen-bond donors (Lipinski definition) is 1. The molecule has 1 aliphatic heterocycles. The van der Waals surface area contributed by atoms with Crippen molar-refractivity contribution in [2.75, 3.05) is 18.4 Å². The molecule has 0 spiro atoms. The van der Waals surface area contributed by atoms with E-state index in [1.807, 2.05) is 0 Å². The molecule has 168 valence electrons. The lowest BCUT2D eigenvalue weighted by atomic mass is 10.0. The fraction of sp³-hybridized carbons (Fsp3) is 0.273. The van der Waals surface area contributed by atoms with Gasteiger partial charge in [-0.15, -0.1) is 0 Å². The van der Waals surface area contributed by atoms with Crippen LogP contribution < -0.4 is 5.32 Å². The molecule has 1 fully saturated rings. The molecule has 10 heteroatoms. The van der Waals surface area contributed by atoms with Crippen molar-refractivity contribution in [3.05, 3.63) is 65.2 Å². The van der Waals surface area contributed by atoms with Crippen LogP contribution in [-0.4, -0.2) is 31.7 Å². The second-order valence-electron chi connectivity index (χ2n) is 7.20. The second kappa shape index (κ2) is 9.54. The van der Waals surface area contributed by atoms with Gasteiger partial charge in [-0.3, -0.25) is 4.79 Å². The van der Waals surface area contributed by atoms with E-state index in [1.165, 1.54) is 40.7 Å². The first-order chi connectivity index (χ1) is 15.1. The molecule has 2 aromatic rings. The Hall–Kier alpha value is -3.16. The first kappa shape index (κ1) is 23.5. The SMILES string of the molecule is N#CC(=Cc1ccccc1C(F)(F)F)C(=O)Nc1cccc(S(=O)(=O)N2CCCCC2)c1. The molecule has 6 nitrogen and oxygen atoms in total. The number of nitrogens with one attached hydrogen (secondary N) is 1. The summed E-state index contributed by atoms with van der Waals surface area (Å²) < 4.78 is 66.6. The van der Waals surface area contributed by atoms with E-state index >= 15 is 0 Å². The first-order valence-corrected chi connectivity index (χ1v) is 11.3. The third kappa shape index (κ3) is 5.36. The Morgan fingerprint density at radius 3 is 2.41 bits per heavy atom. The number of benzene rings is 2. The molecule has 0 bridgehead atoms. The van der Waals surface area contributed by atoms with Gasteiger partial charge in [0.1, 0.15) is 11.6 Å². The number of rotatable bonds is 5. The molecule has 2 aromatic carbocycles. The van der Waals surface area contributed by atoms with Crippen LogP contribution in [0.1, 0.15) is 30.4 Å². The van der Waals surface area contributed by atoms with Crippen LogP contribution in [0.25, 0.3) is 6.08 Å². The maximum Gasteiger partial charge on any atom is 0.416 e. The number of hydrogen-bond acceptors (Lipinski definition) is 4. The van der Waals surface area contributed by atoms with E-state index in [4.69, 9.17) is 0 Å². The van der Waals surface area contributed by atoms with Gasteiger partial charge in [0, 0.05) is 18.8 Å². The normalized spacial score (nSPS) is 15.8. The number of nitrogens with zero attached hydrogens (tertiary/aromatic N) is 2. The zero-order valence-corrected chi connectivity index (χ0v) is 17.7. The molecule has 0 aliphatic carbocycles. The largest absolute Gasteiger partial charge is 0.416 e. The molecular formula is C22H20F3N3O3S. The van der Waals surface area contributed by atoms with Crippen LogP contribution >= 0.6 is 0 Å². The number of piperidine rings is 1. The Kier molecular flexibility index (Phi) is 7.01. The number of carbonyl (C=O) groups excluding carboxylic acids is 1. The average molecular weight is 463 g/mol. The Morgan fingerprint density at radius 2 is 1.75 bits per heavy atom. The lowest BCUT2D eigenvalue weighted by Crippen LogP contribution is -2.35. The summed E-state index contributed by atoms with van der Waals surface area (Å²) in [6.45, 7) is 0.831. The topological polar surface area (TPSA) is 90.3 Å². The number of anilines is 1. The molecule has 1 amide bonds. The molecular weight excluding hydrogens is 443 g/mol. The summed E-state index contributed by atoms with van der Waals surface area (Å²) in [7, 11) is -3.74. The number of halogens is 3. The van der Waals surface area contributed by atoms with Gasteiger partial charge in [0.25, 0.3) is 5.91 Å². The Balaban J connectivity index is 1.85. The highest BCUT2D eigenvalue weighted by atomic mass is 32.2. The minimum atomic E-state index is -4.65. The van der Waals surface area contributed by atoms with Crippen LogP contribution in [0.15, 0.2) is 59.0 Å². The molecule has 0 saturated carbocycles. The van der Waals surface area contributed by atoms with E-state index in [0.717, 1.165) is 37.5 Å². The standard InChI is InChI=1S/C22H20F3N3O3S/c23-22(24,25)20-10-3-2-7-16(20)13-17(15-26)21(29)27-18-8-6-9-19(14-18)32(30,31)28-11-4-1-5-12-28/h2-3,6-10,13-14H,1,4-5,11-12H2,(H,27,29). The fourth-order valence-electron chi connectivity index (χ4n) is 3.37. The van der Waals surface area contributed by atoms with Gasteiger partial charge in [0.15, 0.2) is 0 Å². The third-order valence-electron chi connectivity index (χ3n) is 4.98. The average Bonchev–Trinajstić information content (AvgIpc) is 2.77. The molecule has 1 heterocycles. The zero-order chi connectivity index (χ0) is 23.4. The van der Waals surface area contributed by atoms with E-state index in [9.17, 15) is 31.6 Å². The summed E-state index contributed by atoms with van der Waals surface area (Å²) in [4.78, 5) is 12.5. The number of alkyl halides is 3. The van der Waals surface area contributed by atoms with Gasteiger partial charge in [0.05, 0.1) is 10.5 Å². The van der Waals surface area contributed by atoms with Crippen molar-refractivity contribution in [2.24, 2.45) is 0 Å². The van der Waals surface area contributed by atoms with Crippen LogP contribution in [0.2, 0.25) is 0 Å². The molecule has 0 aromatic heterocycles. The summed E-state index contributed by atoms with van der Waals surface area (Å²) in [6.07, 6.45) is -1.30. The smallest absolute Gasteiger partial charge is 0.321 e. The quantitative estimate of drug-likeness (QED) is 0.525. The van der Waals surface area contributed by atoms with Crippen molar-refractivity contribution in [1.29, 1.82) is 5.26 Å². The van der Waals surface area contributed by atoms with Crippen molar-refractivity contribution in [3.63, 3.8) is 0 Å². The molecule has 32 heavy (non-hydrogen) atoms. The third-order valence-corrected chi connectivity index (χ3v) is 6.87. The molecule has 1 N–H and O–H groups in total. The first-order valence-electron chi connectivity index (χ1n) is 9.82. The maximum absolute atomic E-state index is 13.2. The zero-order valence-electron chi connectivity index (χ0n) is 16.9. The Bertz CT molecular complexity index is 1180. The lowest BCUT2D eigenvalue weighted by molar-refractivity contribution is -0.137. The van der Waals surface area contributed by atoms with Crippen LogP contribution in [-0.2, 0) is 21.0 Å². The van der Waals surface area contributed by atoms with Crippen LogP contribution in [0.5, 0.6) is 0 Å². The Morgan fingerprint density at radius 1 is 1.06 bits per heavy atom. The summed E-state index contributed by atoms with van der Waals surface area (Å²) >= 11 is 0. The van der Waals surface area contributed by atoms with Crippen LogP contribution in [0.4, 0.5) is 18.9 Å². The van der Waals surface area contributed by atoms with Gasteiger partial charge in [-0.25, -0.2) is 8.42 Å². The highest BCUT2D eigenvalue weighted by Gasteiger charge is 2.32. The fourth-order valence-corrected chi connectivity index (χ4v) is 4.94. The van der Waals surface area contributed by atoms with Crippen LogP contribution in [0.3, 0.4) is 0 Å². The molecule has 0 atom stereocenters. The van der Waals surface area contributed by atoms with Gasteiger partial charge in [0.2, 0.25) is 10.0 Å². The van der Waals surface area contributed by atoms with E-state index < -0.39 is 33.2 Å². The molecule has 3 rings (SSSR count). The Labute approximate surface area is 184 Å². The van der Waals surface area contributed by atoms with Gasteiger partial charge in [-0.1, -0.05) is 30.7 Å². The summed E-state index contributed by atoms with van der Waals surface area (Å²) in [5.41, 5.74) is -1.74. The number of nitriles is 1. The molecule has 0 radical (unpaired) electrons. The van der Waals surface area contributed by atoms with E-state index in [1.54, 1.807) is 6.07 Å². The van der Waals surface area contributed by atoms with Crippen molar-refractivity contribution in [3.8, 4) is 6.07 Å². The number of sulfonamides is 1. The van der Waals surface area contributed by atoms with E-state index in [2.05, 4.69) is 5.32 Å². The van der Waals surface area contributed by atoms with Gasteiger partial charge in [-0.2, -0.15) is 22.7 Å². The van der Waals surface area contributed by atoms with Crippen LogP contribution in [0, 0.1) is 11.3 Å². The van der Waals surface area contributed by atoms with E-state index in [0.29, 0.717) is 13.1 Å². The van der Waals surface area contributed by atoms with Gasteiger partial charge < -0.3 is 5.32 Å². The van der Waals surface area contributed by atoms with Crippen molar-refractivity contribution >= 4 is 27.7 Å². The highest BCUT2D eigenvalue weighted by Crippen LogP contribution is 2.33. The maximum atomic E-state index is 13.2. The molecule has 0 unspecified atom stereocenters. The number of amides is 1. The highest BCUT2D eigenvalue weighted by molar-refractivity contribution is 7.89. The predicted molar refractivity (Wildman–Crippen MR) is 113 cm³/mol. The molecule has 1 aliphatic rings. The minimum absolute atomic E-state index is 0.0119. The lowest BCUT2D eigenvalue weighted by Gasteiger charge is -2.26. The van der Waals surface area contributed by atoms with Gasteiger partial charge >= 0.3 is 6.18 Å². The van der Waals surface area contributed by atoms with Crippen molar-refractivity contribution < 1.29 is 26.4 Å². The monoisotopic (exact) mass is 463 g/mol. The minimum Gasteiger partial charge on any atom is -0.321 e. The summed E-state index contributed by atoms with van der Waals surface area (Å²) in [5, 5.41) is 11.7. The number of carbonyl (C=O) groups is 1. The second-order valence-corrected chi connectivity index (χ2v) is 9.14. The van der Waals surface area contributed by atoms with Gasteiger partial charge in [-0.05, 0) is 48.7 Å². The predicted octanol–water partition coefficient (Wildman–Crippen LogP) is 4.43. The van der Waals surface area contributed by atoms with Crippen molar-refractivity contribution in [2.45, 2.75) is 30.3 Å². The summed E-state index contributed by atoms with van der Waals surface area (Å²) in [5.74, 6) is -0.947. The van der Waals surface area contributed by atoms with E-state index in [-0.39, 0.29) is 16.1 Å². The summed E-state index contributed by atoms with van der Waals surface area (Å²) in [6, 6.07) is 11.7. The van der Waals surface area contributed by atoms with Crippen molar-refractivity contribution in [1.82, 2.24) is 4.31 Å².